The predicted octanol–water partition coefficient (Wildman–Crippen LogP) is 4.37. The Bertz CT molecular complexity index is 742. The maximum absolute atomic E-state index is 12.4. The van der Waals surface area contributed by atoms with E-state index in [1.54, 1.807) is 6.92 Å². The highest BCUT2D eigenvalue weighted by Gasteiger charge is 2.17. The highest BCUT2D eigenvalue weighted by Crippen LogP contribution is 2.26. The zero-order valence-electron chi connectivity index (χ0n) is 14.9. The first-order valence-corrected chi connectivity index (χ1v) is 8.98. The summed E-state index contributed by atoms with van der Waals surface area (Å²) in [5.74, 6) is 1.32. The van der Waals surface area contributed by atoms with Gasteiger partial charge in [0.25, 0.3) is 5.91 Å². The molecule has 4 heteroatoms. The molecule has 1 unspecified atom stereocenters. The summed E-state index contributed by atoms with van der Waals surface area (Å²) >= 11 is 0. The third kappa shape index (κ3) is 4.53. The van der Waals surface area contributed by atoms with Crippen LogP contribution in [0.3, 0.4) is 0 Å². The van der Waals surface area contributed by atoms with E-state index >= 15 is 0 Å². The molecule has 4 nitrogen and oxygen atoms in total. The quantitative estimate of drug-likeness (QED) is 0.850. The third-order valence-corrected chi connectivity index (χ3v) is 4.41. The highest BCUT2D eigenvalue weighted by molar-refractivity contribution is 5.94. The van der Waals surface area contributed by atoms with E-state index in [0.29, 0.717) is 12.3 Å². The topological polar surface area (TPSA) is 47.6 Å². The Morgan fingerprint density at radius 2 is 1.88 bits per heavy atom. The van der Waals surface area contributed by atoms with Gasteiger partial charge in [0.15, 0.2) is 6.10 Å². The molecule has 25 heavy (non-hydrogen) atoms. The molecule has 1 aliphatic rings. The van der Waals surface area contributed by atoms with E-state index in [9.17, 15) is 4.79 Å². The number of carbonyl (C=O) groups is 1. The lowest BCUT2D eigenvalue weighted by Gasteiger charge is -2.19. The van der Waals surface area contributed by atoms with E-state index in [4.69, 9.17) is 9.47 Å². The molecule has 0 saturated heterocycles. The number of anilines is 1. The summed E-state index contributed by atoms with van der Waals surface area (Å²) in [6, 6.07) is 13.5. The number of benzene rings is 2. The first kappa shape index (κ1) is 17.3. The summed E-state index contributed by atoms with van der Waals surface area (Å²) < 4.78 is 11.3. The summed E-state index contributed by atoms with van der Waals surface area (Å²) in [5, 5.41) is 2.88. The Hall–Kier alpha value is -2.49. The fourth-order valence-corrected chi connectivity index (χ4v) is 3.11. The minimum absolute atomic E-state index is 0.175. The number of ether oxygens (including phenoxy) is 2. The number of hydrogen-bond acceptors (Lipinski definition) is 3. The first-order valence-electron chi connectivity index (χ1n) is 8.98. The maximum Gasteiger partial charge on any atom is 0.265 e. The van der Waals surface area contributed by atoms with Gasteiger partial charge in [-0.1, -0.05) is 12.1 Å². The van der Waals surface area contributed by atoms with Crippen molar-refractivity contribution >= 4 is 11.6 Å². The van der Waals surface area contributed by atoms with Crippen molar-refractivity contribution in [2.75, 3.05) is 11.9 Å². The first-order chi connectivity index (χ1) is 12.2. The number of hydrogen-bond donors (Lipinski definition) is 1. The van der Waals surface area contributed by atoms with Crippen molar-refractivity contribution in [3.63, 3.8) is 0 Å². The third-order valence-electron chi connectivity index (χ3n) is 4.41. The van der Waals surface area contributed by atoms with Crippen LogP contribution < -0.4 is 14.8 Å². The summed E-state index contributed by atoms with van der Waals surface area (Å²) in [5.41, 5.74) is 3.46. The molecule has 1 amide bonds. The smallest absolute Gasteiger partial charge is 0.265 e. The Morgan fingerprint density at radius 3 is 2.68 bits per heavy atom. The largest absolute Gasteiger partial charge is 0.494 e. The molecular formula is C21H25NO3. The molecule has 0 heterocycles. The van der Waals surface area contributed by atoms with Crippen molar-refractivity contribution in [3.8, 4) is 11.5 Å². The lowest BCUT2D eigenvalue weighted by molar-refractivity contribution is -0.122. The molecule has 2 aromatic carbocycles. The molecule has 3 rings (SSSR count). The molecule has 0 radical (unpaired) electrons. The van der Waals surface area contributed by atoms with Crippen molar-refractivity contribution in [1.29, 1.82) is 0 Å². The van der Waals surface area contributed by atoms with Crippen molar-refractivity contribution in [3.05, 3.63) is 53.6 Å². The van der Waals surface area contributed by atoms with Gasteiger partial charge in [-0.2, -0.15) is 0 Å². The van der Waals surface area contributed by atoms with Crippen molar-refractivity contribution < 1.29 is 14.3 Å². The van der Waals surface area contributed by atoms with Crippen molar-refractivity contribution in [1.82, 2.24) is 0 Å². The minimum atomic E-state index is -0.572. The van der Waals surface area contributed by atoms with Crippen LogP contribution in [0.4, 0.5) is 5.69 Å². The lowest BCUT2D eigenvalue weighted by Crippen LogP contribution is -2.30. The second-order valence-corrected chi connectivity index (χ2v) is 6.35. The van der Waals surface area contributed by atoms with Crippen LogP contribution in [-0.2, 0) is 17.6 Å². The van der Waals surface area contributed by atoms with Crippen LogP contribution in [-0.4, -0.2) is 18.6 Å². The summed E-state index contributed by atoms with van der Waals surface area (Å²) in [4.78, 5) is 12.4. The zero-order valence-corrected chi connectivity index (χ0v) is 14.9. The number of carbonyl (C=O) groups excluding carboxylic acids is 1. The summed E-state index contributed by atoms with van der Waals surface area (Å²) in [6.45, 7) is 4.29. The summed E-state index contributed by atoms with van der Waals surface area (Å²) in [7, 11) is 0. The van der Waals surface area contributed by atoms with Gasteiger partial charge in [-0.3, -0.25) is 4.79 Å². The van der Waals surface area contributed by atoms with Crippen LogP contribution in [0.15, 0.2) is 42.5 Å². The van der Waals surface area contributed by atoms with Gasteiger partial charge in [-0.15, -0.1) is 0 Å². The fraction of sp³-hybridized carbons (Fsp3) is 0.381. The molecule has 132 valence electrons. The molecular weight excluding hydrogens is 314 g/mol. The van der Waals surface area contributed by atoms with E-state index in [1.165, 1.54) is 24.0 Å². The van der Waals surface area contributed by atoms with Crippen LogP contribution in [0, 0.1) is 0 Å². The monoisotopic (exact) mass is 339 g/mol. The van der Waals surface area contributed by atoms with Crippen LogP contribution in [0.5, 0.6) is 11.5 Å². The highest BCUT2D eigenvalue weighted by atomic mass is 16.5. The van der Waals surface area contributed by atoms with Gasteiger partial charge in [-0.25, -0.2) is 0 Å². The SMILES string of the molecule is CCOc1cccc(NC(=O)C(C)Oc2ccc3c(c2)CCCC3)c1. The number of rotatable bonds is 6. The lowest BCUT2D eigenvalue weighted by atomic mass is 9.92. The number of aryl methyl sites for hydroxylation is 2. The second-order valence-electron chi connectivity index (χ2n) is 6.35. The number of nitrogens with one attached hydrogen (secondary N) is 1. The van der Waals surface area contributed by atoms with Crippen molar-refractivity contribution in [2.24, 2.45) is 0 Å². The molecule has 0 spiro atoms. The molecule has 1 aliphatic carbocycles. The van der Waals surface area contributed by atoms with Gasteiger partial charge < -0.3 is 14.8 Å². The minimum Gasteiger partial charge on any atom is -0.494 e. The van der Waals surface area contributed by atoms with Gasteiger partial charge in [0, 0.05) is 11.8 Å². The zero-order chi connectivity index (χ0) is 17.6. The number of fused-ring (bicyclic) bond motifs is 1. The van der Waals surface area contributed by atoms with E-state index in [2.05, 4.69) is 17.4 Å². The van der Waals surface area contributed by atoms with Gasteiger partial charge in [0.1, 0.15) is 11.5 Å². The molecule has 1 N–H and O–H groups in total. The van der Waals surface area contributed by atoms with E-state index in [-0.39, 0.29) is 5.91 Å². The maximum atomic E-state index is 12.4. The molecule has 0 bridgehead atoms. The van der Waals surface area contributed by atoms with E-state index < -0.39 is 6.10 Å². The summed E-state index contributed by atoms with van der Waals surface area (Å²) in [6.07, 6.45) is 4.15. The second kappa shape index (κ2) is 8.06. The number of amides is 1. The average Bonchev–Trinajstić information content (AvgIpc) is 2.62. The molecule has 1 atom stereocenters. The Morgan fingerprint density at radius 1 is 1.08 bits per heavy atom. The Labute approximate surface area is 149 Å². The van der Waals surface area contributed by atoms with Crippen LogP contribution >= 0.6 is 0 Å². The van der Waals surface area contributed by atoms with Crippen LogP contribution in [0.25, 0.3) is 0 Å². The Balaban J connectivity index is 1.62. The normalized spacial score (nSPS) is 14.3. The van der Waals surface area contributed by atoms with Crippen LogP contribution in [0.1, 0.15) is 37.8 Å². The Kier molecular flexibility index (Phi) is 5.59. The standard InChI is InChI=1S/C21H25NO3/c1-3-24-19-10-6-9-18(14-19)22-21(23)15(2)25-20-12-11-16-7-4-5-8-17(16)13-20/h6,9-15H,3-5,7-8H2,1-2H3,(H,22,23). The molecule has 0 aliphatic heterocycles. The molecule has 2 aromatic rings. The van der Waals surface area contributed by atoms with E-state index in [0.717, 1.165) is 24.3 Å². The van der Waals surface area contributed by atoms with Crippen LogP contribution in [0.2, 0.25) is 0 Å². The molecule has 0 saturated carbocycles. The van der Waals surface area contributed by atoms with Gasteiger partial charge in [0.2, 0.25) is 0 Å². The van der Waals surface area contributed by atoms with Gasteiger partial charge in [0.05, 0.1) is 6.61 Å². The van der Waals surface area contributed by atoms with Gasteiger partial charge >= 0.3 is 0 Å². The molecule has 0 fully saturated rings. The fourth-order valence-electron chi connectivity index (χ4n) is 3.11. The van der Waals surface area contributed by atoms with Gasteiger partial charge in [-0.05, 0) is 74.9 Å². The molecule has 0 aromatic heterocycles. The average molecular weight is 339 g/mol. The predicted molar refractivity (Wildman–Crippen MR) is 99.4 cm³/mol. The van der Waals surface area contributed by atoms with Crippen molar-refractivity contribution in [2.45, 2.75) is 45.6 Å². The van der Waals surface area contributed by atoms with E-state index in [1.807, 2.05) is 37.3 Å².